The molecule has 2 N–H and O–H groups in total. The molecular weight excluding hydrogens is 279 g/mol. The lowest BCUT2D eigenvalue weighted by molar-refractivity contribution is 1.34. The van der Waals surface area contributed by atoms with Gasteiger partial charge in [0.05, 0.1) is 15.7 Å². The Bertz CT molecular complexity index is 764. The molecule has 1 heterocycles. The third-order valence-corrected chi connectivity index (χ3v) is 3.59. The summed E-state index contributed by atoms with van der Waals surface area (Å²) in [6.45, 7) is 0. The van der Waals surface area contributed by atoms with E-state index in [1.54, 1.807) is 6.07 Å². The molecule has 0 bridgehead atoms. The molecule has 0 spiro atoms. The lowest BCUT2D eigenvalue weighted by atomic mass is 10.0. The van der Waals surface area contributed by atoms with Crippen LogP contribution in [0.3, 0.4) is 0 Å². The van der Waals surface area contributed by atoms with Gasteiger partial charge in [0.25, 0.3) is 0 Å². The maximum absolute atomic E-state index is 6.23. The van der Waals surface area contributed by atoms with Gasteiger partial charge < -0.3 is 5.73 Å². The van der Waals surface area contributed by atoms with E-state index in [1.807, 2.05) is 42.5 Å². The Hall–Kier alpha value is -1.77. The van der Waals surface area contributed by atoms with E-state index < -0.39 is 0 Å². The summed E-state index contributed by atoms with van der Waals surface area (Å²) < 4.78 is 0. The van der Waals surface area contributed by atoms with Crippen molar-refractivity contribution in [1.29, 1.82) is 0 Å². The van der Waals surface area contributed by atoms with Gasteiger partial charge >= 0.3 is 0 Å². The van der Waals surface area contributed by atoms with Gasteiger partial charge in [-0.25, -0.2) is 4.98 Å². The van der Waals surface area contributed by atoms with Crippen LogP contribution in [0.4, 0.5) is 5.82 Å². The molecule has 1 aromatic heterocycles. The van der Waals surface area contributed by atoms with Gasteiger partial charge in [-0.15, -0.1) is 0 Å². The summed E-state index contributed by atoms with van der Waals surface area (Å²) in [5, 5.41) is 3.08. The van der Waals surface area contributed by atoms with Gasteiger partial charge in [0.15, 0.2) is 0 Å². The van der Waals surface area contributed by atoms with Gasteiger partial charge in [0.1, 0.15) is 5.82 Å². The van der Waals surface area contributed by atoms with Gasteiger partial charge in [-0.1, -0.05) is 65.7 Å². The van der Waals surface area contributed by atoms with Crippen LogP contribution in [0.5, 0.6) is 0 Å². The fourth-order valence-corrected chi connectivity index (χ4v) is 2.56. The van der Waals surface area contributed by atoms with Crippen LogP contribution in [0, 0.1) is 0 Å². The monoisotopic (exact) mass is 288 g/mol. The van der Waals surface area contributed by atoms with Crippen LogP contribution in [0.1, 0.15) is 0 Å². The molecule has 4 heteroatoms. The maximum atomic E-state index is 6.23. The van der Waals surface area contributed by atoms with Crippen LogP contribution in [-0.2, 0) is 0 Å². The van der Waals surface area contributed by atoms with Gasteiger partial charge in [0, 0.05) is 5.56 Å². The molecule has 19 heavy (non-hydrogen) atoms. The molecule has 0 aliphatic rings. The molecular formula is C15H10Cl2N2. The van der Waals surface area contributed by atoms with Crippen LogP contribution in [-0.4, -0.2) is 4.98 Å². The first-order valence-electron chi connectivity index (χ1n) is 5.76. The Kier molecular flexibility index (Phi) is 3.05. The summed E-state index contributed by atoms with van der Waals surface area (Å²) in [6, 6.07) is 15.7. The molecule has 0 atom stereocenters. The minimum atomic E-state index is 0.286. The van der Waals surface area contributed by atoms with E-state index in [9.17, 15) is 0 Å². The van der Waals surface area contributed by atoms with Crippen molar-refractivity contribution in [3.63, 3.8) is 0 Å². The highest BCUT2D eigenvalue weighted by atomic mass is 35.5. The third-order valence-electron chi connectivity index (χ3n) is 3.00. The van der Waals surface area contributed by atoms with E-state index in [2.05, 4.69) is 4.98 Å². The maximum Gasteiger partial charge on any atom is 0.143 e. The molecule has 2 nitrogen and oxygen atoms in total. The third kappa shape index (κ3) is 2.14. The molecule has 0 fully saturated rings. The number of nitrogens with two attached hydrogens (primary N) is 1. The second-order valence-electron chi connectivity index (χ2n) is 4.21. The SMILES string of the molecule is Nc1nc(-c2cccc3ccccc23)c(Cl)cc1Cl. The molecule has 0 saturated carbocycles. The van der Waals surface area contributed by atoms with Crippen molar-refractivity contribution in [1.82, 2.24) is 4.98 Å². The predicted octanol–water partition coefficient (Wildman–Crippen LogP) is 4.79. The number of nitrogens with zero attached hydrogens (tertiary/aromatic N) is 1. The number of hydrogen-bond donors (Lipinski definition) is 1. The van der Waals surface area contributed by atoms with E-state index in [4.69, 9.17) is 28.9 Å². The van der Waals surface area contributed by atoms with Crippen molar-refractivity contribution in [2.75, 3.05) is 5.73 Å². The van der Waals surface area contributed by atoms with Crippen LogP contribution in [0.25, 0.3) is 22.0 Å². The number of aromatic nitrogens is 1. The first-order chi connectivity index (χ1) is 9.16. The average Bonchev–Trinajstić information content (AvgIpc) is 2.42. The number of hydrogen-bond acceptors (Lipinski definition) is 2. The normalized spacial score (nSPS) is 10.8. The first-order valence-corrected chi connectivity index (χ1v) is 6.52. The summed E-state index contributed by atoms with van der Waals surface area (Å²) in [5.41, 5.74) is 7.37. The van der Waals surface area contributed by atoms with Gasteiger partial charge in [-0.3, -0.25) is 0 Å². The number of benzene rings is 2. The Morgan fingerprint density at radius 3 is 2.47 bits per heavy atom. The largest absolute Gasteiger partial charge is 0.382 e. The molecule has 0 radical (unpaired) electrons. The molecule has 0 unspecified atom stereocenters. The number of halogens is 2. The highest BCUT2D eigenvalue weighted by Gasteiger charge is 2.11. The molecule has 3 aromatic rings. The second kappa shape index (κ2) is 4.72. The first kappa shape index (κ1) is 12.3. The number of fused-ring (bicyclic) bond motifs is 1. The van der Waals surface area contributed by atoms with Crippen LogP contribution in [0.2, 0.25) is 10.0 Å². The van der Waals surface area contributed by atoms with Crippen LogP contribution < -0.4 is 5.73 Å². The lowest BCUT2D eigenvalue weighted by Gasteiger charge is -2.09. The molecule has 94 valence electrons. The minimum absolute atomic E-state index is 0.286. The highest BCUT2D eigenvalue weighted by molar-refractivity contribution is 6.37. The summed E-state index contributed by atoms with van der Waals surface area (Å²) >= 11 is 12.2. The van der Waals surface area contributed by atoms with Crippen molar-refractivity contribution in [2.45, 2.75) is 0 Å². The van der Waals surface area contributed by atoms with E-state index >= 15 is 0 Å². The van der Waals surface area contributed by atoms with Crippen molar-refractivity contribution < 1.29 is 0 Å². The van der Waals surface area contributed by atoms with Gasteiger partial charge in [-0.2, -0.15) is 0 Å². The molecule has 0 aliphatic heterocycles. The number of rotatable bonds is 1. The molecule has 0 amide bonds. The van der Waals surface area contributed by atoms with Gasteiger partial charge in [-0.05, 0) is 16.8 Å². The Morgan fingerprint density at radius 1 is 0.895 bits per heavy atom. The number of pyridine rings is 1. The van der Waals surface area contributed by atoms with E-state index in [0.29, 0.717) is 15.7 Å². The fourth-order valence-electron chi connectivity index (χ4n) is 2.10. The second-order valence-corrected chi connectivity index (χ2v) is 5.03. The van der Waals surface area contributed by atoms with Crippen LogP contribution >= 0.6 is 23.2 Å². The summed E-state index contributed by atoms with van der Waals surface area (Å²) in [5.74, 6) is 0.286. The molecule has 0 aliphatic carbocycles. The van der Waals surface area contributed by atoms with Crippen molar-refractivity contribution in [3.05, 3.63) is 58.6 Å². The predicted molar refractivity (Wildman–Crippen MR) is 81.6 cm³/mol. The summed E-state index contributed by atoms with van der Waals surface area (Å²) in [7, 11) is 0. The Morgan fingerprint density at radius 2 is 1.63 bits per heavy atom. The standard InChI is InChI=1S/C15H10Cl2N2/c16-12-8-13(17)15(18)19-14(12)11-7-3-5-9-4-1-2-6-10(9)11/h1-8H,(H2,18,19). The summed E-state index contributed by atoms with van der Waals surface area (Å²) in [6.07, 6.45) is 0. The topological polar surface area (TPSA) is 38.9 Å². The van der Waals surface area contributed by atoms with E-state index in [-0.39, 0.29) is 5.82 Å². The smallest absolute Gasteiger partial charge is 0.143 e. The Labute approximate surface area is 120 Å². The van der Waals surface area contributed by atoms with Crippen molar-refractivity contribution in [3.8, 4) is 11.3 Å². The van der Waals surface area contributed by atoms with Crippen molar-refractivity contribution in [2.24, 2.45) is 0 Å². The fraction of sp³-hybridized carbons (Fsp3) is 0. The zero-order chi connectivity index (χ0) is 13.4. The van der Waals surface area contributed by atoms with Crippen LogP contribution in [0.15, 0.2) is 48.5 Å². The molecule has 3 rings (SSSR count). The lowest BCUT2D eigenvalue weighted by Crippen LogP contribution is -1.95. The van der Waals surface area contributed by atoms with Crippen molar-refractivity contribution >= 4 is 39.8 Å². The van der Waals surface area contributed by atoms with E-state index in [0.717, 1.165) is 16.3 Å². The zero-order valence-corrected chi connectivity index (χ0v) is 11.4. The van der Waals surface area contributed by atoms with Gasteiger partial charge in [0.2, 0.25) is 0 Å². The van der Waals surface area contributed by atoms with E-state index in [1.165, 1.54) is 0 Å². The highest BCUT2D eigenvalue weighted by Crippen LogP contribution is 2.34. The number of anilines is 1. The minimum Gasteiger partial charge on any atom is -0.382 e. The Balaban J connectivity index is 2.33. The number of nitrogen functional groups attached to an aromatic ring is 1. The summed E-state index contributed by atoms with van der Waals surface area (Å²) in [4.78, 5) is 4.31. The average molecular weight is 289 g/mol. The quantitative estimate of drug-likeness (QED) is 0.699. The molecule has 0 saturated heterocycles. The molecule has 2 aromatic carbocycles. The zero-order valence-electron chi connectivity index (χ0n) is 9.90.